The largest absolute Gasteiger partial charge is 0.508 e. The number of aliphatic hydroxyl groups excluding tert-OH is 1. The molecule has 0 fully saturated rings. The van der Waals surface area contributed by atoms with Gasteiger partial charge in [-0.25, -0.2) is 0 Å². The Morgan fingerprint density at radius 1 is 1.12 bits per heavy atom. The first-order valence-corrected chi connectivity index (χ1v) is 12.5. The quantitative estimate of drug-likeness (QED) is 0.271. The van der Waals surface area contributed by atoms with E-state index in [9.17, 15) is 24.6 Å². The van der Waals surface area contributed by atoms with Crippen molar-refractivity contribution in [2.45, 2.75) is 19.6 Å². The fourth-order valence-electron chi connectivity index (χ4n) is 2.52. The monoisotopic (exact) mass is 795 g/mol. The van der Waals surface area contributed by atoms with Crippen molar-refractivity contribution in [3.63, 3.8) is 0 Å². The van der Waals surface area contributed by atoms with Gasteiger partial charge in [0, 0.05) is 20.7 Å². The van der Waals surface area contributed by atoms with Gasteiger partial charge in [-0.2, -0.15) is 0 Å². The summed E-state index contributed by atoms with van der Waals surface area (Å²) in [6.45, 7) is 4.76. The molecule has 0 aliphatic carbocycles. The zero-order valence-corrected chi connectivity index (χ0v) is 23.7. The number of halogens is 4. The molecule has 0 radical (unpaired) electrons. The molecule has 2 aromatic carbocycles. The molecule has 1 unspecified atom stereocenters. The third-order valence-corrected chi connectivity index (χ3v) is 7.58. The fourth-order valence-corrected chi connectivity index (χ4v) is 7.13. The second-order valence-corrected chi connectivity index (χ2v) is 10.0. The predicted octanol–water partition coefficient (Wildman–Crippen LogP) is 3.98. The first kappa shape index (κ1) is 27.1. The zero-order valence-electron chi connectivity index (χ0n) is 16.4. The van der Waals surface area contributed by atoms with Gasteiger partial charge < -0.3 is 26.2 Å². The highest BCUT2D eigenvalue weighted by atomic mass is 127. The molecule has 0 spiro atoms. The number of phenols is 1. The molecule has 32 heavy (non-hydrogen) atoms. The number of anilines is 1. The van der Waals surface area contributed by atoms with Crippen molar-refractivity contribution in [2.24, 2.45) is 0 Å². The van der Waals surface area contributed by atoms with E-state index in [0.717, 1.165) is 0 Å². The number of hydrogen-bond donors (Lipinski definition) is 5. The van der Waals surface area contributed by atoms with Crippen molar-refractivity contribution in [2.75, 3.05) is 5.32 Å². The van der Waals surface area contributed by atoms with Crippen LogP contribution in [-0.2, 0) is 11.3 Å². The third kappa shape index (κ3) is 6.24. The lowest BCUT2D eigenvalue weighted by Gasteiger charge is -2.19. The maximum atomic E-state index is 13.1. The van der Waals surface area contributed by atoms with Gasteiger partial charge in [0.25, 0.3) is 17.7 Å². The molecule has 0 bridgehead atoms. The summed E-state index contributed by atoms with van der Waals surface area (Å²) in [6, 6.07) is 4.47. The molecule has 0 heterocycles. The lowest BCUT2D eigenvalue weighted by Crippen LogP contribution is -2.30. The Balaban J connectivity index is 2.56. The van der Waals surface area contributed by atoms with E-state index in [1.165, 1.54) is 31.3 Å². The Bertz CT molecular complexity index is 1110. The number of amides is 3. The van der Waals surface area contributed by atoms with Crippen LogP contribution < -0.4 is 16.0 Å². The number of hydrogen-bond acceptors (Lipinski definition) is 5. The van der Waals surface area contributed by atoms with E-state index in [0.29, 0.717) is 21.3 Å². The molecule has 0 aliphatic rings. The zero-order chi connectivity index (χ0) is 24.2. The Kier molecular flexibility index (Phi) is 9.99. The van der Waals surface area contributed by atoms with Gasteiger partial charge in [-0.15, -0.1) is 0 Å². The smallest absolute Gasteiger partial charge is 0.257 e. The molecular formula is C20H17ClI3N3O5. The normalized spacial score (nSPS) is 11.4. The molecule has 5 N–H and O–H groups in total. The van der Waals surface area contributed by atoms with Gasteiger partial charge in [0.2, 0.25) is 0 Å². The molecule has 8 nitrogen and oxygen atoms in total. The van der Waals surface area contributed by atoms with Crippen LogP contribution in [0.2, 0.25) is 5.02 Å². The molecule has 1 atom stereocenters. The van der Waals surface area contributed by atoms with E-state index in [4.69, 9.17) is 11.6 Å². The first-order valence-electron chi connectivity index (χ1n) is 8.86. The minimum absolute atomic E-state index is 0.0209. The Morgan fingerprint density at radius 2 is 1.72 bits per heavy atom. The molecule has 0 saturated heterocycles. The van der Waals surface area contributed by atoms with Crippen molar-refractivity contribution in [1.82, 2.24) is 10.6 Å². The fraction of sp³-hybridized carbons (Fsp3) is 0.150. The summed E-state index contributed by atoms with van der Waals surface area (Å²) in [6.07, 6.45) is -0.0863. The summed E-state index contributed by atoms with van der Waals surface area (Å²) >= 11 is 11.7. The molecule has 12 heteroatoms. The molecule has 0 saturated carbocycles. The van der Waals surface area contributed by atoms with Gasteiger partial charge in [-0.1, -0.05) is 18.2 Å². The molecular weight excluding hydrogens is 778 g/mol. The van der Waals surface area contributed by atoms with Gasteiger partial charge in [-0.05, 0) is 99.1 Å². The van der Waals surface area contributed by atoms with E-state index in [2.05, 4.69) is 22.5 Å². The summed E-state index contributed by atoms with van der Waals surface area (Å²) in [5, 5.41) is 27.7. The van der Waals surface area contributed by atoms with E-state index in [-0.39, 0.29) is 29.1 Å². The number of phenolic OH excluding ortho intramolecular Hbond substituents is 1. The van der Waals surface area contributed by atoms with Gasteiger partial charge in [-0.3, -0.25) is 14.4 Å². The van der Waals surface area contributed by atoms with Crippen LogP contribution in [0.15, 0.2) is 31.0 Å². The van der Waals surface area contributed by atoms with E-state index in [1.807, 2.05) is 67.8 Å². The van der Waals surface area contributed by atoms with Gasteiger partial charge >= 0.3 is 0 Å². The molecule has 170 valence electrons. The van der Waals surface area contributed by atoms with Crippen LogP contribution in [0.4, 0.5) is 5.69 Å². The lowest BCUT2D eigenvalue weighted by molar-refractivity contribution is -0.123. The summed E-state index contributed by atoms with van der Waals surface area (Å²) < 4.78 is 1.14. The second kappa shape index (κ2) is 11.8. The lowest BCUT2D eigenvalue weighted by atomic mass is 10.1. The highest BCUT2D eigenvalue weighted by Gasteiger charge is 2.29. The Labute approximate surface area is 230 Å². The molecule has 3 amide bonds. The minimum atomic E-state index is -1.30. The molecule has 0 aliphatic heterocycles. The third-order valence-electron chi connectivity index (χ3n) is 4.11. The van der Waals surface area contributed by atoms with Crippen LogP contribution in [0.25, 0.3) is 0 Å². The van der Waals surface area contributed by atoms with Crippen LogP contribution in [0.1, 0.15) is 33.2 Å². The van der Waals surface area contributed by atoms with Crippen LogP contribution in [0.5, 0.6) is 5.75 Å². The van der Waals surface area contributed by atoms with Gasteiger partial charge in [0.15, 0.2) is 0 Å². The second-order valence-electron chi connectivity index (χ2n) is 6.37. The molecule has 0 aromatic heterocycles. The SMILES string of the molecule is C=CNC(=O)c1c(I)c(NC(=O)C(C)O)c(I)c(C(=O)NCc2cc(Cl)ccc2O)c1I. The van der Waals surface area contributed by atoms with Crippen molar-refractivity contribution in [1.29, 1.82) is 0 Å². The standard InChI is InChI=1S/C20H17ClI3N3O5/c1-3-25-19(31)12-14(22)13(16(24)17(15(12)23)27-18(30)8(2)28)20(32)26-7-9-6-10(21)4-5-11(9)29/h3-6,8,28-29H,1,7H2,2H3,(H,25,31)(H,26,32)(H,27,30). The van der Waals surface area contributed by atoms with E-state index >= 15 is 0 Å². The van der Waals surface area contributed by atoms with Crippen molar-refractivity contribution in [3.8, 4) is 5.75 Å². The molecule has 2 aromatic rings. The maximum Gasteiger partial charge on any atom is 0.257 e. The topological polar surface area (TPSA) is 128 Å². The Morgan fingerprint density at radius 3 is 2.28 bits per heavy atom. The van der Waals surface area contributed by atoms with Crippen LogP contribution in [0.3, 0.4) is 0 Å². The maximum absolute atomic E-state index is 13.1. The predicted molar refractivity (Wildman–Crippen MR) is 147 cm³/mol. The van der Waals surface area contributed by atoms with Crippen LogP contribution in [-0.4, -0.2) is 34.0 Å². The minimum Gasteiger partial charge on any atom is -0.508 e. The molecule has 2 rings (SSSR count). The highest BCUT2D eigenvalue weighted by molar-refractivity contribution is 14.1. The summed E-state index contributed by atoms with van der Waals surface area (Å²) in [4.78, 5) is 37.9. The van der Waals surface area contributed by atoms with Crippen molar-refractivity contribution < 1.29 is 24.6 Å². The summed E-state index contributed by atoms with van der Waals surface area (Å²) in [7, 11) is 0. The van der Waals surface area contributed by atoms with Crippen LogP contribution in [0, 0.1) is 10.7 Å². The van der Waals surface area contributed by atoms with Crippen LogP contribution >= 0.6 is 79.4 Å². The van der Waals surface area contributed by atoms with Gasteiger partial charge in [0.05, 0.1) is 24.0 Å². The van der Waals surface area contributed by atoms with Crippen molar-refractivity contribution in [3.05, 3.63) is 63.4 Å². The first-order chi connectivity index (χ1) is 15.0. The number of aliphatic hydroxyl groups is 1. The van der Waals surface area contributed by atoms with Crippen molar-refractivity contribution >= 4 is 103 Å². The average Bonchev–Trinajstić information content (AvgIpc) is 2.71. The number of nitrogens with one attached hydrogen (secondary N) is 3. The van der Waals surface area contributed by atoms with E-state index in [1.54, 1.807) is 0 Å². The van der Waals surface area contributed by atoms with E-state index < -0.39 is 23.8 Å². The number of carbonyl (C=O) groups excluding carboxylic acids is 3. The number of rotatable bonds is 7. The number of aromatic hydroxyl groups is 1. The Hall–Kier alpha value is -1.17. The average molecular weight is 796 g/mol. The number of carbonyl (C=O) groups is 3. The summed E-state index contributed by atoms with van der Waals surface area (Å²) in [5.74, 6) is -1.76. The van der Waals surface area contributed by atoms with Gasteiger partial charge in [0.1, 0.15) is 11.9 Å². The summed E-state index contributed by atoms with van der Waals surface area (Å²) in [5.41, 5.74) is 0.961. The number of benzene rings is 2. The highest BCUT2D eigenvalue weighted by Crippen LogP contribution is 2.36.